The monoisotopic (exact) mass is 190 g/mol. The fourth-order valence-corrected chi connectivity index (χ4v) is 0.638. The molecule has 0 fully saturated rings. The van der Waals surface area contributed by atoms with E-state index in [0.29, 0.717) is 18.0 Å². The Morgan fingerprint density at radius 1 is 1.75 bits per heavy atom. The van der Waals surface area contributed by atoms with Gasteiger partial charge in [-0.1, -0.05) is 12.2 Å². The van der Waals surface area contributed by atoms with E-state index in [-0.39, 0.29) is 11.9 Å². The van der Waals surface area contributed by atoms with Crippen molar-refractivity contribution in [2.45, 2.75) is 19.4 Å². The first-order chi connectivity index (χ1) is 5.57. The molecule has 0 aliphatic carbocycles. The van der Waals surface area contributed by atoms with Crippen LogP contribution in [0.4, 0.5) is 0 Å². The van der Waals surface area contributed by atoms with Crippen LogP contribution in [0.2, 0.25) is 0 Å². The average Bonchev–Trinajstić information content (AvgIpc) is 2.00. The van der Waals surface area contributed by atoms with Crippen molar-refractivity contribution in [3.05, 3.63) is 0 Å². The largest absolute Gasteiger partial charge is 0.392 e. The van der Waals surface area contributed by atoms with Crippen LogP contribution in [0.15, 0.2) is 0 Å². The van der Waals surface area contributed by atoms with Crippen molar-refractivity contribution in [3.8, 4) is 0 Å². The fraction of sp³-hybridized carbons (Fsp3) is 0.714. The number of rotatable bonds is 5. The lowest BCUT2D eigenvalue weighted by atomic mass is 10.3. The predicted octanol–water partition coefficient (Wildman–Crippen LogP) is -0.186. The van der Waals surface area contributed by atoms with E-state index >= 15 is 0 Å². The van der Waals surface area contributed by atoms with Gasteiger partial charge in [0.25, 0.3) is 0 Å². The summed E-state index contributed by atoms with van der Waals surface area (Å²) in [5.74, 6) is -0.0999. The molecule has 0 spiro atoms. The molecular formula is C7H14N2O2S. The summed E-state index contributed by atoms with van der Waals surface area (Å²) in [6.45, 7) is 2.16. The lowest BCUT2D eigenvalue weighted by molar-refractivity contribution is -0.122. The molecule has 3 N–H and O–H groups in total. The molecule has 0 rings (SSSR count). The van der Waals surface area contributed by atoms with Gasteiger partial charge in [-0.05, 0) is 6.92 Å². The van der Waals surface area contributed by atoms with Crippen molar-refractivity contribution in [1.29, 1.82) is 0 Å². The van der Waals surface area contributed by atoms with Crippen LogP contribution in [-0.4, -0.2) is 30.7 Å². The predicted molar refractivity (Wildman–Crippen MR) is 50.9 cm³/mol. The third kappa shape index (κ3) is 5.03. The van der Waals surface area contributed by atoms with Crippen molar-refractivity contribution in [1.82, 2.24) is 5.32 Å². The van der Waals surface area contributed by atoms with Crippen molar-refractivity contribution in [2.24, 2.45) is 5.73 Å². The number of hydrogen-bond donors (Lipinski definition) is 2. The quantitative estimate of drug-likeness (QED) is 0.590. The Kier molecular flexibility index (Phi) is 5.57. The van der Waals surface area contributed by atoms with E-state index in [4.69, 9.17) is 10.5 Å². The topological polar surface area (TPSA) is 64.3 Å². The summed E-state index contributed by atoms with van der Waals surface area (Å²) in [6, 6.07) is -0.246. The summed E-state index contributed by atoms with van der Waals surface area (Å²) in [5, 5.41) is 2.63. The Morgan fingerprint density at radius 2 is 2.33 bits per heavy atom. The lowest BCUT2D eigenvalue weighted by Gasteiger charge is -2.11. The van der Waals surface area contributed by atoms with Gasteiger partial charge >= 0.3 is 0 Å². The van der Waals surface area contributed by atoms with Gasteiger partial charge in [0.1, 0.15) is 0 Å². The zero-order chi connectivity index (χ0) is 9.56. The zero-order valence-electron chi connectivity index (χ0n) is 7.29. The van der Waals surface area contributed by atoms with Crippen LogP contribution in [-0.2, 0) is 9.53 Å². The van der Waals surface area contributed by atoms with E-state index in [1.165, 1.54) is 0 Å². The Hall–Kier alpha value is -0.680. The summed E-state index contributed by atoms with van der Waals surface area (Å²) in [5.41, 5.74) is 5.30. The molecule has 0 aliphatic rings. The molecule has 0 aliphatic heterocycles. The van der Waals surface area contributed by atoms with E-state index in [2.05, 4.69) is 17.5 Å². The first kappa shape index (κ1) is 11.3. The molecule has 0 aromatic heterocycles. The van der Waals surface area contributed by atoms with Crippen molar-refractivity contribution in [3.63, 3.8) is 0 Å². The molecule has 1 amide bonds. The van der Waals surface area contributed by atoms with Gasteiger partial charge in [-0.2, -0.15) is 0 Å². The standard InChI is InChI=1S/C7H14N2O2S/c1-5(7(8)12)9-6(10)3-4-11-2/h5H,3-4H2,1-2H3,(H2,8,12)(H,9,10). The number of nitrogens with two attached hydrogens (primary N) is 1. The summed E-state index contributed by atoms with van der Waals surface area (Å²) >= 11 is 4.68. The van der Waals surface area contributed by atoms with Crippen LogP contribution in [0, 0.1) is 0 Å². The summed E-state index contributed by atoms with van der Waals surface area (Å²) in [7, 11) is 1.55. The highest BCUT2D eigenvalue weighted by atomic mass is 32.1. The highest BCUT2D eigenvalue weighted by Crippen LogP contribution is 1.86. The number of amides is 1. The highest BCUT2D eigenvalue weighted by Gasteiger charge is 2.08. The number of carbonyl (C=O) groups is 1. The van der Waals surface area contributed by atoms with Gasteiger partial charge in [0.05, 0.1) is 17.6 Å². The molecule has 12 heavy (non-hydrogen) atoms. The molecule has 0 heterocycles. The van der Waals surface area contributed by atoms with Gasteiger partial charge in [0.2, 0.25) is 5.91 Å². The Labute approximate surface area is 77.5 Å². The van der Waals surface area contributed by atoms with E-state index < -0.39 is 0 Å². The third-order valence-electron chi connectivity index (χ3n) is 1.34. The molecule has 1 unspecified atom stereocenters. The number of nitrogens with one attached hydrogen (secondary N) is 1. The first-order valence-electron chi connectivity index (χ1n) is 3.65. The highest BCUT2D eigenvalue weighted by molar-refractivity contribution is 7.80. The van der Waals surface area contributed by atoms with Gasteiger partial charge in [0.15, 0.2) is 0 Å². The third-order valence-corrected chi connectivity index (χ3v) is 1.69. The molecule has 0 saturated carbocycles. The molecule has 1 atom stereocenters. The van der Waals surface area contributed by atoms with Gasteiger partial charge in [-0.15, -0.1) is 0 Å². The molecule has 0 bridgehead atoms. The second kappa shape index (κ2) is 5.91. The maximum absolute atomic E-state index is 11.0. The van der Waals surface area contributed by atoms with Crippen molar-refractivity contribution >= 4 is 23.1 Å². The minimum absolute atomic E-state index is 0.0999. The maximum Gasteiger partial charge on any atom is 0.222 e. The van der Waals surface area contributed by atoms with Crippen molar-refractivity contribution < 1.29 is 9.53 Å². The molecule has 0 aromatic carbocycles. The Bertz CT molecular complexity index is 173. The van der Waals surface area contributed by atoms with Crippen LogP contribution in [0.1, 0.15) is 13.3 Å². The number of ether oxygens (including phenoxy) is 1. The van der Waals surface area contributed by atoms with E-state index in [1.54, 1.807) is 14.0 Å². The number of hydrogen-bond acceptors (Lipinski definition) is 3. The number of thiocarbonyl (C=S) groups is 1. The summed E-state index contributed by atoms with van der Waals surface area (Å²) < 4.78 is 4.73. The van der Waals surface area contributed by atoms with E-state index in [1.807, 2.05) is 0 Å². The van der Waals surface area contributed by atoms with Crippen molar-refractivity contribution in [2.75, 3.05) is 13.7 Å². The Morgan fingerprint density at radius 3 is 2.75 bits per heavy atom. The molecule has 0 radical (unpaired) electrons. The zero-order valence-corrected chi connectivity index (χ0v) is 8.11. The molecule has 0 aromatic rings. The molecule has 70 valence electrons. The SMILES string of the molecule is COCCC(=O)NC(C)C(N)=S. The normalized spacial score (nSPS) is 12.2. The molecular weight excluding hydrogens is 176 g/mol. The minimum Gasteiger partial charge on any atom is -0.392 e. The van der Waals surface area contributed by atoms with Crippen LogP contribution >= 0.6 is 12.2 Å². The second-order valence-corrected chi connectivity index (χ2v) is 2.91. The minimum atomic E-state index is -0.246. The van der Waals surface area contributed by atoms with E-state index in [9.17, 15) is 4.79 Å². The van der Waals surface area contributed by atoms with Crippen LogP contribution < -0.4 is 11.1 Å². The second-order valence-electron chi connectivity index (χ2n) is 2.43. The van der Waals surface area contributed by atoms with Gasteiger partial charge in [0, 0.05) is 13.5 Å². The first-order valence-corrected chi connectivity index (χ1v) is 4.06. The van der Waals surface area contributed by atoms with Crippen LogP contribution in [0.5, 0.6) is 0 Å². The smallest absolute Gasteiger partial charge is 0.222 e. The maximum atomic E-state index is 11.0. The van der Waals surface area contributed by atoms with E-state index in [0.717, 1.165) is 0 Å². The van der Waals surface area contributed by atoms with Crippen LogP contribution in [0.3, 0.4) is 0 Å². The lowest BCUT2D eigenvalue weighted by Crippen LogP contribution is -2.41. The fourth-order valence-electron chi connectivity index (χ4n) is 0.580. The summed E-state index contributed by atoms with van der Waals surface area (Å²) in [4.78, 5) is 11.3. The van der Waals surface area contributed by atoms with Gasteiger partial charge in [-0.3, -0.25) is 4.79 Å². The summed E-state index contributed by atoms with van der Waals surface area (Å²) in [6.07, 6.45) is 0.337. The van der Waals surface area contributed by atoms with Gasteiger partial charge in [-0.25, -0.2) is 0 Å². The molecule has 0 saturated heterocycles. The number of carbonyl (C=O) groups excluding carboxylic acids is 1. The number of methoxy groups -OCH3 is 1. The molecule has 5 heteroatoms. The van der Waals surface area contributed by atoms with Crippen LogP contribution in [0.25, 0.3) is 0 Å². The average molecular weight is 190 g/mol. The Balaban J connectivity index is 3.61. The molecule has 4 nitrogen and oxygen atoms in total. The van der Waals surface area contributed by atoms with Gasteiger partial charge < -0.3 is 15.8 Å².